The first-order chi connectivity index (χ1) is 14.5. The van der Waals surface area contributed by atoms with Gasteiger partial charge in [-0.15, -0.1) is 10.2 Å². The molecule has 0 radical (unpaired) electrons. The molecule has 9 heteroatoms. The number of hydrogen-bond acceptors (Lipinski definition) is 8. The predicted octanol–water partition coefficient (Wildman–Crippen LogP) is 0.763. The Kier molecular flexibility index (Phi) is 6.19. The average Bonchev–Trinajstić information content (AvgIpc) is 3.12. The van der Waals surface area contributed by atoms with Crippen molar-refractivity contribution in [2.75, 3.05) is 75.3 Å². The van der Waals surface area contributed by atoms with Gasteiger partial charge in [-0.3, -0.25) is 9.69 Å². The Morgan fingerprint density at radius 3 is 2.00 bits per heavy atom. The third kappa shape index (κ3) is 4.41. The van der Waals surface area contributed by atoms with Crippen molar-refractivity contribution in [3.05, 3.63) is 35.3 Å². The Morgan fingerprint density at radius 2 is 1.53 bits per heavy atom. The molecule has 2 aromatic rings. The summed E-state index contributed by atoms with van der Waals surface area (Å²) in [6.07, 6.45) is 0. The first kappa shape index (κ1) is 20.6. The summed E-state index contributed by atoms with van der Waals surface area (Å²) >= 11 is 0. The molecule has 162 valence electrons. The van der Waals surface area contributed by atoms with Crippen LogP contribution in [0.3, 0.4) is 0 Å². The molecule has 0 spiro atoms. The van der Waals surface area contributed by atoms with Crippen molar-refractivity contribution in [2.45, 2.75) is 13.8 Å². The lowest BCUT2D eigenvalue weighted by molar-refractivity contribution is 0.0744. The number of amides is 1. The van der Waals surface area contributed by atoms with Crippen molar-refractivity contribution in [2.24, 2.45) is 0 Å². The van der Waals surface area contributed by atoms with Gasteiger partial charge < -0.3 is 24.2 Å². The molecule has 0 atom stereocenters. The molecule has 4 heterocycles. The van der Waals surface area contributed by atoms with Crippen LogP contribution in [-0.4, -0.2) is 96.5 Å². The van der Waals surface area contributed by atoms with E-state index in [-0.39, 0.29) is 12.5 Å². The lowest BCUT2D eigenvalue weighted by Crippen LogP contribution is -2.49. The molecule has 2 aliphatic rings. The lowest BCUT2D eigenvalue weighted by atomic mass is 10.2. The van der Waals surface area contributed by atoms with Crippen LogP contribution < -0.4 is 9.80 Å². The van der Waals surface area contributed by atoms with E-state index in [0.29, 0.717) is 24.4 Å². The SMILES string of the molecule is Cc1cc(C(=O)N2CCN(c3ccc(N4CCN(CCO)CC4)nn3)CC2)c(C)o1. The van der Waals surface area contributed by atoms with Crippen LogP contribution >= 0.6 is 0 Å². The molecular formula is C21H30N6O3. The van der Waals surface area contributed by atoms with Crippen LogP contribution in [-0.2, 0) is 0 Å². The van der Waals surface area contributed by atoms with Crippen molar-refractivity contribution in [1.82, 2.24) is 20.0 Å². The number of rotatable bonds is 5. The Balaban J connectivity index is 1.31. The topological polar surface area (TPSA) is 89.2 Å². The molecule has 0 bridgehead atoms. The van der Waals surface area contributed by atoms with E-state index in [1.54, 1.807) is 0 Å². The van der Waals surface area contributed by atoms with Gasteiger partial charge in [-0.1, -0.05) is 0 Å². The maximum absolute atomic E-state index is 12.8. The number of nitrogens with zero attached hydrogens (tertiary/aromatic N) is 6. The van der Waals surface area contributed by atoms with Gasteiger partial charge in [-0.2, -0.15) is 0 Å². The smallest absolute Gasteiger partial charge is 0.257 e. The normalized spacial score (nSPS) is 18.2. The number of aliphatic hydroxyl groups excluding tert-OH is 1. The highest BCUT2D eigenvalue weighted by atomic mass is 16.3. The molecule has 9 nitrogen and oxygen atoms in total. The van der Waals surface area contributed by atoms with Crippen molar-refractivity contribution >= 4 is 17.5 Å². The molecule has 2 saturated heterocycles. The molecule has 0 aliphatic carbocycles. The van der Waals surface area contributed by atoms with Crippen LogP contribution in [0.2, 0.25) is 0 Å². The Hall–Kier alpha value is -2.65. The third-order valence-electron chi connectivity index (χ3n) is 5.91. The number of piperazine rings is 2. The van der Waals surface area contributed by atoms with Gasteiger partial charge in [-0.05, 0) is 32.0 Å². The second kappa shape index (κ2) is 9.01. The second-order valence-corrected chi connectivity index (χ2v) is 7.91. The molecule has 0 saturated carbocycles. The Morgan fingerprint density at radius 1 is 0.967 bits per heavy atom. The minimum Gasteiger partial charge on any atom is -0.466 e. The highest BCUT2D eigenvalue weighted by Crippen LogP contribution is 2.20. The molecule has 2 fully saturated rings. The van der Waals surface area contributed by atoms with Gasteiger partial charge in [0.15, 0.2) is 11.6 Å². The van der Waals surface area contributed by atoms with E-state index in [1.165, 1.54) is 0 Å². The zero-order chi connectivity index (χ0) is 21.1. The summed E-state index contributed by atoms with van der Waals surface area (Å²) in [4.78, 5) is 21.3. The summed E-state index contributed by atoms with van der Waals surface area (Å²) in [6.45, 7) is 11.0. The highest BCUT2D eigenvalue weighted by Gasteiger charge is 2.26. The number of carbonyl (C=O) groups is 1. The fourth-order valence-electron chi connectivity index (χ4n) is 4.15. The molecule has 4 rings (SSSR count). The summed E-state index contributed by atoms with van der Waals surface area (Å²) in [5.41, 5.74) is 0.657. The van der Waals surface area contributed by atoms with Gasteiger partial charge in [0.1, 0.15) is 11.5 Å². The van der Waals surface area contributed by atoms with Crippen molar-refractivity contribution < 1.29 is 14.3 Å². The van der Waals surface area contributed by atoms with Gasteiger partial charge >= 0.3 is 0 Å². The standard InChI is InChI=1S/C21H30N6O3/c1-16-15-18(17(2)30-16)21(29)27-11-9-26(10-12-27)20-4-3-19(22-23-20)25-7-5-24(6-8-25)13-14-28/h3-4,15,28H,5-14H2,1-2H3. The van der Waals surface area contributed by atoms with E-state index < -0.39 is 0 Å². The fourth-order valence-corrected chi connectivity index (χ4v) is 4.15. The van der Waals surface area contributed by atoms with Crippen LogP contribution in [0.25, 0.3) is 0 Å². The maximum atomic E-state index is 12.8. The van der Waals surface area contributed by atoms with E-state index in [1.807, 2.05) is 36.9 Å². The number of furan rings is 1. The van der Waals surface area contributed by atoms with Gasteiger partial charge in [0.25, 0.3) is 5.91 Å². The van der Waals surface area contributed by atoms with Gasteiger partial charge in [0, 0.05) is 58.9 Å². The minimum atomic E-state index is 0.0331. The zero-order valence-corrected chi connectivity index (χ0v) is 17.8. The van der Waals surface area contributed by atoms with E-state index >= 15 is 0 Å². The zero-order valence-electron chi connectivity index (χ0n) is 17.8. The average molecular weight is 415 g/mol. The number of aromatic nitrogens is 2. The second-order valence-electron chi connectivity index (χ2n) is 7.91. The van der Waals surface area contributed by atoms with E-state index in [4.69, 9.17) is 9.52 Å². The first-order valence-electron chi connectivity index (χ1n) is 10.6. The molecule has 0 unspecified atom stereocenters. The van der Waals surface area contributed by atoms with Gasteiger partial charge in [-0.25, -0.2) is 0 Å². The summed E-state index contributed by atoms with van der Waals surface area (Å²) < 4.78 is 5.50. The molecule has 1 N–H and O–H groups in total. The molecular weight excluding hydrogens is 384 g/mol. The predicted molar refractivity (Wildman–Crippen MR) is 114 cm³/mol. The van der Waals surface area contributed by atoms with E-state index in [9.17, 15) is 4.79 Å². The van der Waals surface area contributed by atoms with Crippen LogP contribution in [0.1, 0.15) is 21.9 Å². The highest BCUT2D eigenvalue weighted by molar-refractivity contribution is 5.95. The fraction of sp³-hybridized carbons (Fsp3) is 0.571. The van der Waals surface area contributed by atoms with Gasteiger partial charge in [0.05, 0.1) is 12.2 Å². The number of anilines is 2. The maximum Gasteiger partial charge on any atom is 0.257 e. The summed E-state index contributed by atoms with van der Waals surface area (Å²) in [5.74, 6) is 3.21. The third-order valence-corrected chi connectivity index (χ3v) is 5.91. The quantitative estimate of drug-likeness (QED) is 0.767. The van der Waals surface area contributed by atoms with E-state index in [2.05, 4.69) is 24.9 Å². The number of aliphatic hydroxyl groups is 1. The number of carbonyl (C=O) groups excluding carboxylic acids is 1. The van der Waals surface area contributed by atoms with Crippen molar-refractivity contribution in [1.29, 1.82) is 0 Å². The minimum absolute atomic E-state index is 0.0331. The largest absolute Gasteiger partial charge is 0.466 e. The Bertz CT molecular complexity index is 852. The van der Waals surface area contributed by atoms with Crippen LogP contribution in [0.5, 0.6) is 0 Å². The molecule has 30 heavy (non-hydrogen) atoms. The van der Waals surface area contributed by atoms with Crippen molar-refractivity contribution in [3.63, 3.8) is 0 Å². The molecule has 2 aliphatic heterocycles. The molecule has 1 amide bonds. The monoisotopic (exact) mass is 414 g/mol. The first-order valence-corrected chi connectivity index (χ1v) is 10.6. The number of aryl methyl sites for hydroxylation is 2. The van der Waals surface area contributed by atoms with Crippen LogP contribution in [0.15, 0.2) is 22.6 Å². The van der Waals surface area contributed by atoms with Gasteiger partial charge in [0.2, 0.25) is 0 Å². The lowest BCUT2D eigenvalue weighted by Gasteiger charge is -2.36. The number of β-amino-alcohol motifs (C(OH)–C–C–N with tert-alkyl or cyclic N) is 1. The Labute approximate surface area is 176 Å². The van der Waals surface area contributed by atoms with Crippen LogP contribution in [0, 0.1) is 13.8 Å². The molecule has 0 aromatic carbocycles. The molecule has 2 aromatic heterocycles. The van der Waals surface area contributed by atoms with Crippen molar-refractivity contribution in [3.8, 4) is 0 Å². The van der Waals surface area contributed by atoms with E-state index in [0.717, 1.165) is 63.2 Å². The summed E-state index contributed by atoms with van der Waals surface area (Å²) in [6, 6.07) is 5.86. The van der Waals surface area contributed by atoms with Crippen LogP contribution in [0.4, 0.5) is 11.6 Å². The summed E-state index contributed by atoms with van der Waals surface area (Å²) in [5, 5.41) is 17.9. The number of hydrogen-bond donors (Lipinski definition) is 1. The summed E-state index contributed by atoms with van der Waals surface area (Å²) in [7, 11) is 0.